The number of piperazine rings is 1. The first-order valence-electron chi connectivity index (χ1n) is 12.4. The Balaban J connectivity index is 1.43. The van der Waals surface area contributed by atoms with Crippen LogP contribution >= 0.6 is 11.6 Å². The van der Waals surface area contributed by atoms with Gasteiger partial charge in [0.05, 0.1) is 0 Å². The molecule has 1 aliphatic rings. The van der Waals surface area contributed by atoms with Gasteiger partial charge < -0.3 is 20.4 Å². The van der Waals surface area contributed by atoms with Gasteiger partial charge in [-0.1, -0.05) is 78.9 Å². The number of anilines is 1. The van der Waals surface area contributed by atoms with E-state index in [-0.39, 0.29) is 18.0 Å². The van der Waals surface area contributed by atoms with Crippen molar-refractivity contribution in [3.63, 3.8) is 0 Å². The average Bonchev–Trinajstić information content (AvgIpc) is 2.93. The van der Waals surface area contributed by atoms with Gasteiger partial charge in [-0.15, -0.1) is 11.6 Å². The van der Waals surface area contributed by atoms with Crippen molar-refractivity contribution in [1.29, 1.82) is 0 Å². The predicted molar refractivity (Wildman–Crippen MR) is 145 cm³/mol. The molecule has 4 amide bonds. The Hall–Kier alpha value is -3.84. The first-order valence-corrected chi connectivity index (χ1v) is 12.8. The largest absolute Gasteiger partial charge is 0.342 e. The summed E-state index contributed by atoms with van der Waals surface area (Å²) in [4.78, 5) is 43.0. The molecule has 0 saturated carbocycles. The van der Waals surface area contributed by atoms with Crippen LogP contribution in [0.15, 0.2) is 91.0 Å². The summed E-state index contributed by atoms with van der Waals surface area (Å²) in [5, 5.41) is 4.88. The minimum atomic E-state index is -0.912. The van der Waals surface area contributed by atoms with Gasteiger partial charge in [-0.2, -0.15) is 0 Å². The highest BCUT2D eigenvalue weighted by Crippen LogP contribution is 2.21. The molecule has 3 aromatic carbocycles. The number of carbonyl (C=O) groups excluding carboxylic acids is 3. The minimum Gasteiger partial charge on any atom is -0.342 e. The van der Waals surface area contributed by atoms with E-state index in [9.17, 15) is 14.4 Å². The van der Waals surface area contributed by atoms with Crippen molar-refractivity contribution in [3.05, 3.63) is 102 Å². The van der Waals surface area contributed by atoms with E-state index in [4.69, 9.17) is 11.6 Å². The first kappa shape index (κ1) is 26.2. The summed E-state index contributed by atoms with van der Waals surface area (Å²) in [5.41, 5.74) is 2.32. The number of hydrogen-bond donors (Lipinski definition) is 2. The molecule has 0 aromatic heterocycles. The van der Waals surface area contributed by atoms with Crippen molar-refractivity contribution in [2.24, 2.45) is 0 Å². The number of carbonyl (C=O) groups is 3. The van der Waals surface area contributed by atoms with Gasteiger partial charge in [0.1, 0.15) is 11.4 Å². The molecule has 0 aliphatic carbocycles. The molecule has 1 saturated heterocycles. The van der Waals surface area contributed by atoms with Crippen molar-refractivity contribution >= 4 is 35.1 Å². The minimum absolute atomic E-state index is 0.191. The summed E-state index contributed by atoms with van der Waals surface area (Å²) in [5.74, 6) is -0.611. The lowest BCUT2D eigenvalue weighted by molar-refractivity contribution is -0.138. The van der Waals surface area contributed by atoms with Crippen LogP contribution in [-0.2, 0) is 16.0 Å². The fourth-order valence-electron chi connectivity index (χ4n) is 4.46. The van der Waals surface area contributed by atoms with Crippen LogP contribution in [0, 0.1) is 0 Å². The van der Waals surface area contributed by atoms with Gasteiger partial charge in [0.25, 0.3) is 0 Å². The number of hydrogen-bond acceptors (Lipinski definition) is 3. The van der Waals surface area contributed by atoms with Crippen LogP contribution in [0.1, 0.15) is 23.4 Å². The van der Waals surface area contributed by atoms with E-state index < -0.39 is 17.3 Å². The zero-order valence-corrected chi connectivity index (χ0v) is 21.5. The molecule has 0 radical (unpaired) electrons. The lowest BCUT2D eigenvalue weighted by Crippen LogP contribution is -2.60. The second-order valence-corrected chi connectivity index (χ2v) is 9.58. The Kier molecular flexibility index (Phi) is 8.80. The SMILES string of the molecule is CC1CN(C(=O)C(Cc2ccccc2)NC(=O)C(Cl)c2ccccc2)CCN1C(=O)Nc1ccccc1. The lowest BCUT2D eigenvalue weighted by atomic mass is 10.0. The van der Waals surface area contributed by atoms with Crippen molar-refractivity contribution in [3.8, 4) is 0 Å². The number of nitrogens with one attached hydrogen (secondary N) is 2. The number of alkyl halides is 1. The number of nitrogens with zero attached hydrogens (tertiary/aromatic N) is 2. The zero-order valence-electron chi connectivity index (χ0n) is 20.7. The monoisotopic (exact) mass is 518 g/mol. The van der Waals surface area contributed by atoms with Crippen LogP contribution in [0.4, 0.5) is 10.5 Å². The molecule has 0 bridgehead atoms. The van der Waals surface area contributed by atoms with Gasteiger partial charge in [-0.25, -0.2) is 4.79 Å². The maximum Gasteiger partial charge on any atom is 0.322 e. The quantitative estimate of drug-likeness (QED) is 0.453. The Labute approximate surface area is 222 Å². The van der Waals surface area contributed by atoms with Gasteiger partial charge in [-0.3, -0.25) is 9.59 Å². The Morgan fingerprint density at radius 2 is 1.49 bits per heavy atom. The van der Waals surface area contributed by atoms with Crippen LogP contribution in [-0.4, -0.2) is 59.4 Å². The molecular formula is C29H31ClN4O3. The molecule has 192 valence electrons. The number of benzene rings is 3. The van der Waals surface area contributed by atoms with Gasteiger partial charge >= 0.3 is 6.03 Å². The molecule has 37 heavy (non-hydrogen) atoms. The highest BCUT2D eigenvalue weighted by atomic mass is 35.5. The zero-order chi connectivity index (χ0) is 26.2. The average molecular weight is 519 g/mol. The van der Waals surface area contributed by atoms with E-state index in [1.807, 2.05) is 85.8 Å². The molecule has 8 heteroatoms. The third-order valence-electron chi connectivity index (χ3n) is 6.44. The van der Waals surface area contributed by atoms with Crippen molar-refractivity contribution < 1.29 is 14.4 Å². The summed E-state index contributed by atoms with van der Waals surface area (Å²) in [7, 11) is 0. The topological polar surface area (TPSA) is 81.8 Å². The van der Waals surface area contributed by atoms with Crippen LogP contribution < -0.4 is 10.6 Å². The van der Waals surface area contributed by atoms with Crippen LogP contribution in [0.5, 0.6) is 0 Å². The summed E-state index contributed by atoms with van der Waals surface area (Å²) < 4.78 is 0. The molecule has 2 N–H and O–H groups in total. The number of halogens is 1. The van der Waals surface area contributed by atoms with Gasteiger partial charge in [-0.05, 0) is 30.2 Å². The Morgan fingerprint density at radius 1 is 0.892 bits per heavy atom. The molecule has 3 unspecified atom stereocenters. The molecule has 4 rings (SSSR count). The van der Waals surface area contributed by atoms with E-state index in [0.29, 0.717) is 31.6 Å². The predicted octanol–water partition coefficient (Wildman–Crippen LogP) is 4.46. The van der Waals surface area contributed by atoms with E-state index >= 15 is 0 Å². The normalized spacial score (nSPS) is 17.0. The maximum absolute atomic E-state index is 13.7. The Morgan fingerprint density at radius 3 is 2.11 bits per heavy atom. The standard InChI is InChI=1S/C29H31ClN4O3/c1-21-20-33(17-18-34(21)29(37)31-24-15-9-4-10-16-24)28(36)25(19-22-11-5-2-6-12-22)32-27(35)26(30)23-13-7-3-8-14-23/h2-16,21,25-26H,17-20H2,1H3,(H,31,37)(H,32,35). The van der Waals surface area contributed by atoms with Gasteiger partial charge in [0.15, 0.2) is 0 Å². The summed E-state index contributed by atoms with van der Waals surface area (Å²) in [6.45, 7) is 3.04. The molecule has 1 fully saturated rings. The summed E-state index contributed by atoms with van der Waals surface area (Å²) >= 11 is 6.45. The molecule has 1 heterocycles. The first-order chi connectivity index (χ1) is 17.9. The second-order valence-electron chi connectivity index (χ2n) is 9.15. The number of urea groups is 1. The van der Waals surface area contributed by atoms with Crippen molar-refractivity contribution in [1.82, 2.24) is 15.1 Å². The van der Waals surface area contributed by atoms with Gasteiger partial charge in [0, 0.05) is 37.8 Å². The van der Waals surface area contributed by atoms with E-state index in [0.717, 1.165) is 11.3 Å². The van der Waals surface area contributed by atoms with E-state index in [2.05, 4.69) is 10.6 Å². The molecule has 3 aromatic rings. The van der Waals surface area contributed by atoms with Crippen LogP contribution in [0.3, 0.4) is 0 Å². The van der Waals surface area contributed by atoms with Gasteiger partial charge in [0.2, 0.25) is 11.8 Å². The molecule has 3 atom stereocenters. The maximum atomic E-state index is 13.7. The third-order valence-corrected chi connectivity index (χ3v) is 6.89. The van der Waals surface area contributed by atoms with E-state index in [1.54, 1.807) is 21.9 Å². The Bertz CT molecular complexity index is 1190. The second kappa shape index (κ2) is 12.4. The number of amides is 4. The summed E-state index contributed by atoms with van der Waals surface area (Å²) in [6.07, 6.45) is 0.340. The number of rotatable bonds is 7. The van der Waals surface area contributed by atoms with Crippen LogP contribution in [0.25, 0.3) is 0 Å². The fraction of sp³-hybridized carbons (Fsp3) is 0.276. The molecule has 7 nitrogen and oxygen atoms in total. The van der Waals surface area contributed by atoms with E-state index in [1.165, 1.54) is 0 Å². The molecule has 0 spiro atoms. The van der Waals surface area contributed by atoms with Crippen LogP contribution in [0.2, 0.25) is 0 Å². The summed E-state index contributed by atoms with van der Waals surface area (Å²) in [6, 6.07) is 26.7. The van der Waals surface area contributed by atoms with Crippen molar-refractivity contribution in [2.75, 3.05) is 25.0 Å². The molecular weight excluding hydrogens is 488 g/mol. The smallest absolute Gasteiger partial charge is 0.322 e. The molecule has 1 aliphatic heterocycles. The highest BCUT2D eigenvalue weighted by Gasteiger charge is 2.34. The third kappa shape index (κ3) is 6.89. The fourth-order valence-corrected chi connectivity index (χ4v) is 4.67. The van der Waals surface area contributed by atoms with Crippen molar-refractivity contribution in [2.45, 2.75) is 30.8 Å². The highest BCUT2D eigenvalue weighted by molar-refractivity contribution is 6.31. The number of para-hydroxylation sites is 1. The lowest BCUT2D eigenvalue weighted by Gasteiger charge is -2.41.